The zero-order valence-electron chi connectivity index (χ0n) is 16.1. The second kappa shape index (κ2) is 8.95. The molecule has 1 saturated heterocycles. The van der Waals surface area contributed by atoms with E-state index < -0.39 is 0 Å². The Morgan fingerprint density at radius 3 is 2.73 bits per heavy atom. The lowest BCUT2D eigenvalue weighted by atomic mass is 10.0. The van der Waals surface area contributed by atoms with Crippen molar-refractivity contribution in [3.8, 4) is 0 Å². The summed E-state index contributed by atoms with van der Waals surface area (Å²) in [6, 6.07) is 9.01. The van der Waals surface area contributed by atoms with Gasteiger partial charge in [-0.2, -0.15) is 0 Å². The molecule has 1 aromatic heterocycles. The molecule has 1 N–H and O–H groups in total. The van der Waals surface area contributed by atoms with Gasteiger partial charge >= 0.3 is 0 Å². The summed E-state index contributed by atoms with van der Waals surface area (Å²) < 4.78 is 0. The molecule has 1 aliphatic rings. The van der Waals surface area contributed by atoms with E-state index in [1.54, 1.807) is 11.3 Å². The van der Waals surface area contributed by atoms with Crippen LogP contribution in [0.15, 0.2) is 30.5 Å². The fourth-order valence-electron chi connectivity index (χ4n) is 3.54. The first kappa shape index (κ1) is 19.3. The highest BCUT2D eigenvalue weighted by atomic mass is 32.1. The molecule has 142 valence electrons. The molecule has 0 bridgehead atoms. The van der Waals surface area contributed by atoms with E-state index in [1.165, 1.54) is 16.0 Å². The summed E-state index contributed by atoms with van der Waals surface area (Å²) in [6.45, 7) is 7.44. The summed E-state index contributed by atoms with van der Waals surface area (Å²) in [5, 5.41) is 10.6. The number of anilines is 1. The van der Waals surface area contributed by atoms with Crippen molar-refractivity contribution in [2.45, 2.75) is 32.5 Å². The van der Waals surface area contributed by atoms with Crippen LogP contribution < -0.4 is 4.90 Å². The first-order valence-corrected chi connectivity index (χ1v) is 10.1. The molecule has 26 heavy (non-hydrogen) atoms. The molecule has 1 atom stereocenters. The van der Waals surface area contributed by atoms with E-state index >= 15 is 0 Å². The van der Waals surface area contributed by atoms with Gasteiger partial charge < -0.3 is 10.0 Å². The number of aliphatic hydroxyl groups is 1. The van der Waals surface area contributed by atoms with E-state index in [-0.39, 0.29) is 6.61 Å². The SMILES string of the molecule is Cc1ccccc1CN1CCN(Cc2cnc(N(C)C)s2)CC1CCO. The van der Waals surface area contributed by atoms with Crippen LogP contribution >= 0.6 is 11.3 Å². The number of aliphatic hydroxyl groups excluding tert-OH is 1. The third kappa shape index (κ3) is 4.82. The summed E-state index contributed by atoms with van der Waals surface area (Å²) in [4.78, 5) is 12.9. The molecule has 6 heteroatoms. The third-order valence-electron chi connectivity index (χ3n) is 5.09. The van der Waals surface area contributed by atoms with Gasteiger partial charge in [-0.3, -0.25) is 9.80 Å². The minimum Gasteiger partial charge on any atom is -0.396 e. The molecule has 0 saturated carbocycles. The summed E-state index contributed by atoms with van der Waals surface area (Å²) in [6.07, 6.45) is 2.83. The van der Waals surface area contributed by atoms with E-state index in [2.05, 4.69) is 50.9 Å². The number of aromatic nitrogens is 1. The second-order valence-electron chi connectivity index (χ2n) is 7.30. The first-order chi connectivity index (χ1) is 12.6. The van der Waals surface area contributed by atoms with Gasteiger partial charge in [-0.25, -0.2) is 4.98 Å². The monoisotopic (exact) mass is 374 g/mol. The highest BCUT2D eigenvalue weighted by molar-refractivity contribution is 7.15. The number of hydrogen-bond donors (Lipinski definition) is 1. The maximum atomic E-state index is 9.54. The summed E-state index contributed by atoms with van der Waals surface area (Å²) in [5.41, 5.74) is 2.74. The van der Waals surface area contributed by atoms with Crippen molar-refractivity contribution in [1.29, 1.82) is 0 Å². The molecule has 0 spiro atoms. The van der Waals surface area contributed by atoms with Crippen LogP contribution in [0.1, 0.15) is 22.4 Å². The number of benzene rings is 1. The van der Waals surface area contributed by atoms with Crippen molar-refractivity contribution in [3.63, 3.8) is 0 Å². The molecule has 5 nitrogen and oxygen atoms in total. The number of aryl methyl sites for hydroxylation is 1. The highest BCUT2D eigenvalue weighted by Crippen LogP contribution is 2.24. The second-order valence-corrected chi connectivity index (χ2v) is 8.40. The van der Waals surface area contributed by atoms with Crippen molar-refractivity contribution in [1.82, 2.24) is 14.8 Å². The van der Waals surface area contributed by atoms with E-state index in [1.807, 2.05) is 20.3 Å². The number of hydrogen-bond acceptors (Lipinski definition) is 6. The van der Waals surface area contributed by atoms with Crippen LogP contribution in [0.3, 0.4) is 0 Å². The van der Waals surface area contributed by atoms with Crippen molar-refractivity contribution < 1.29 is 5.11 Å². The van der Waals surface area contributed by atoms with Gasteiger partial charge in [0, 0.05) is 70.5 Å². The predicted molar refractivity (Wildman–Crippen MR) is 109 cm³/mol. The quantitative estimate of drug-likeness (QED) is 0.807. The van der Waals surface area contributed by atoms with Crippen molar-refractivity contribution in [3.05, 3.63) is 46.5 Å². The number of piperazine rings is 1. The van der Waals surface area contributed by atoms with Gasteiger partial charge in [-0.15, -0.1) is 11.3 Å². The van der Waals surface area contributed by atoms with Gasteiger partial charge in [-0.1, -0.05) is 24.3 Å². The predicted octanol–water partition coefficient (Wildman–Crippen LogP) is 2.59. The Balaban J connectivity index is 1.62. The third-order valence-corrected chi connectivity index (χ3v) is 6.24. The van der Waals surface area contributed by atoms with Crippen LogP contribution in [0.5, 0.6) is 0 Å². The molecule has 0 radical (unpaired) electrons. The largest absolute Gasteiger partial charge is 0.396 e. The number of nitrogens with zero attached hydrogens (tertiary/aromatic N) is 4. The van der Waals surface area contributed by atoms with Gasteiger partial charge in [0.15, 0.2) is 5.13 Å². The summed E-state index contributed by atoms with van der Waals surface area (Å²) in [7, 11) is 4.06. The van der Waals surface area contributed by atoms with Gasteiger partial charge in [0.25, 0.3) is 0 Å². The standard InChI is InChI=1S/C20H30N4OS/c1-16-6-4-5-7-17(16)13-24-10-9-23(14-18(24)8-11-25)15-19-12-21-20(26-19)22(2)3/h4-7,12,18,25H,8-11,13-15H2,1-3H3. The Morgan fingerprint density at radius 2 is 2.04 bits per heavy atom. The van der Waals surface area contributed by atoms with Crippen LogP contribution in [-0.4, -0.2) is 66.3 Å². The number of thiazole rings is 1. The van der Waals surface area contributed by atoms with Crippen LogP contribution in [0, 0.1) is 6.92 Å². The minimum atomic E-state index is 0.244. The van der Waals surface area contributed by atoms with E-state index in [4.69, 9.17) is 0 Å². The van der Waals surface area contributed by atoms with Crippen molar-refractivity contribution in [2.24, 2.45) is 0 Å². The van der Waals surface area contributed by atoms with Crippen LogP contribution in [-0.2, 0) is 13.1 Å². The lowest BCUT2D eigenvalue weighted by molar-refractivity contribution is 0.0503. The zero-order valence-corrected chi connectivity index (χ0v) is 16.9. The minimum absolute atomic E-state index is 0.244. The van der Waals surface area contributed by atoms with Crippen LogP contribution in [0.4, 0.5) is 5.13 Å². The maximum Gasteiger partial charge on any atom is 0.185 e. The summed E-state index contributed by atoms with van der Waals surface area (Å²) >= 11 is 1.76. The Kier molecular flexibility index (Phi) is 6.64. The van der Waals surface area contributed by atoms with Crippen molar-refractivity contribution >= 4 is 16.5 Å². The molecule has 1 unspecified atom stereocenters. The van der Waals surface area contributed by atoms with E-state index in [0.29, 0.717) is 6.04 Å². The molecule has 2 aromatic rings. The highest BCUT2D eigenvalue weighted by Gasteiger charge is 2.27. The van der Waals surface area contributed by atoms with Crippen LogP contribution in [0.2, 0.25) is 0 Å². The summed E-state index contributed by atoms with van der Waals surface area (Å²) in [5.74, 6) is 0. The number of rotatable bonds is 7. The molecule has 2 heterocycles. The molecular weight excluding hydrogens is 344 g/mol. The fraction of sp³-hybridized carbons (Fsp3) is 0.550. The van der Waals surface area contributed by atoms with Crippen LogP contribution in [0.25, 0.3) is 0 Å². The average Bonchev–Trinajstić information content (AvgIpc) is 3.08. The molecule has 1 fully saturated rings. The van der Waals surface area contributed by atoms with Crippen molar-refractivity contribution in [2.75, 3.05) is 45.2 Å². The van der Waals surface area contributed by atoms with Gasteiger partial charge in [0.05, 0.1) is 0 Å². The van der Waals surface area contributed by atoms with Gasteiger partial charge in [0.1, 0.15) is 0 Å². The lowest BCUT2D eigenvalue weighted by Crippen LogP contribution is -2.52. The van der Waals surface area contributed by atoms with E-state index in [9.17, 15) is 5.11 Å². The topological polar surface area (TPSA) is 42.8 Å². The first-order valence-electron chi connectivity index (χ1n) is 9.30. The zero-order chi connectivity index (χ0) is 18.5. The van der Waals surface area contributed by atoms with Gasteiger partial charge in [0.2, 0.25) is 0 Å². The fourth-order valence-corrected chi connectivity index (χ4v) is 4.41. The molecule has 0 aliphatic carbocycles. The molecule has 0 amide bonds. The Bertz CT molecular complexity index is 703. The Hall–Kier alpha value is -1.47. The molecule has 1 aromatic carbocycles. The maximum absolute atomic E-state index is 9.54. The normalized spacial score (nSPS) is 19.0. The Morgan fingerprint density at radius 1 is 1.23 bits per heavy atom. The van der Waals surface area contributed by atoms with Gasteiger partial charge in [-0.05, 0) is 24.5 Å². The van der Waals surface area contributed by atoms with E-state index in [0.717, 1.165) is 44.3 Å². The molecule has 1 aliphatic heterocycles. The Labute approximate surface area is 160 Å². The smallest absolute Gasteiger partial charge is 0.185 e. The molecule has 3 rings (SSSR count). The average molecular weight is 375 g/mol. The lowest BCUT2D eigenvalue weighted by Gasteiger charge is -2.41. The molecular formula is C20H30N4OS.